The monoisotopic (exact) mass is 760 g/mol. The molecule has 0 N–H and O–H groups in total. The van der Waals surface area contributed by atoms with Gasteiger partial charge in [0.2, 0.25) is 0 Å². The summed E-state index contributed by atoms with van der Waals surface area (Å²) in [6.45, 7) is 18.5. The van der Waals surface area contributed by atoms with Gasteiger partial charge in [0.25, 0.3) is 0 Å². The van der Waals surface area contributed by atoms with E-state index in [1.54, 1.807) is 0 Å². The van der Waals surface area contributed by atoms with E-state index in [0.717, 1.165) is 9.52 Å². The van der Waals surface area contributed by atoms with E-state index in [0.29, 0.717) is 5.92 Å². The van der Waals surface area contributed by atoms with Gasteiger partial charge in [-0.1, -0.05) is 151 Å². The van der Waals surface area contributed by atoms with Crippen LogP contribution < -0.4 is 10.4 Å². The molecule has 0 unspecified atom stereocenters. The quantitative estimate of drug-likeness (QED) is 0.124. The Bertz CT molecular complexity index is 1920. The van der Waals surface area contributed by atoms with Crippen LogP contribution in [-0.2, 0) is 31.7 Å². The van der Waals surface area contributed by atoms with Crippen molar-refractivity contribution in [1.29, 1.82) is 0 Å². The molecule has 0 aromatic heterocycles. The third-order valence-corrected chi connectivity index (χ3v) is 10.3. The van der Waals surface area contributed by atoms with Crippen LogP contribution in [0.1, 0.15) is 78.0 Å². The van der Waals surface area contributed by atoms with Crippen LogP contribution in [0.25, 0.3) is 44.2 Å². The summed E-state index contributed by atoms with van der Waals surface area (Å²) in [6.07, 6.45) is 0. The minimum absolute atomic E-state index is 0.0892. The van der Waals surface area contributed by atoms with Crippen LogP contribution in [0.5, 0.6) is 0 Å². The molecule has 0 amide bonds. The minimum atomic E-state index is -0.826. The SMILES string of the molecule is CC(C)c1cc2c(-c3cc(C(C)(C)C)cc(C(C)(C)C)c3)c(-c3ccccc3)ccc2[cH-]1.[Cl][Zr+2][Cl].[c-]1cccc2c1[Si]c1ccccc1-2. The zero-order valence-electron chi connectivity index (χ0n) is 29.3. The summed E-state index contributed by atoms with van der Waals surface area (Å²) in [4.78, 5) is 0. The molecule has 0 atom stereocenters. The van der Waals surface area contributed by atoms with Crippen LogP contribution in [0, 0.1) is 6.07 Å². The summed E-state index contributed by atoms with van der Waals surface area (Å²) in [5.41, 5.74) is 12.4. The Balaban J connectivity index is 0.000000231. The molecule has 7 rings (SSSR count). The van der Waals surface area contributed by atoms with E-state index in [1.807, 2.05) is 6.07 Å². The zero-order chi connectivity index (χ0) is 34.6. The maximum atomic E-state index is 4.93. The molecule has 4 heteroatoms. The van der Waals surface area contributed by atoms with Gasteiger partial charge < -0.3 is 0 Å². The second-order valence-electron chi connectivity index (χ2n) is 14.8. The van der Waals surface area contributed by atoms with Gasteiger partial charge in [-0.25, -0.2) is 0 Å². The van der Waals surface area contributed by atoms with E-state index in [1.165, 1.54) is 71.2 Å². The first kappa shape index (κ1) is 36.7. The van der Waals surface area contributed by atoms with E-state index in [-0.39, 0.29) is 10.8 Å². The first-order valence-corrected chi connectivity index (χ1v) is 23.9. The van der Waals surface area contributed by atoms with Crippen molar-refractivity contribution in [2.45, 2.75) is 72.1 Å². The van der Waals surface area contributed by atoms with E-state index >= 15 is 0 Å². The van der Waals surface area contributed by atoms with Gasteiger partial charge in [0.05, 0.1) is 9.52 Å². The first-order valence-electron chi connectivity index (χ1n) is 16.6. The van der Waals surface area contributed by atoms with Gasteiger partial charge in [0.15, 0.2) is 0 Å². The average Bonchev–Trinajstić information content (AvgIpc) is 3.67. The Morgan fingerprint density at radius 3 is 1.90 bits per heavy atom. The number of rotatable bonds is 3. The normalized spacial score (nSPS) is 12.0. The number of hydrogen-bond acceptors (Lipinski definition) is 0. The number of benzene rings is 5. The van der Waals surface area contributed by atoms with Crippen molar-refractivity contribution >= 4 is 47.7 Å². The van der Waals surface area contributed by atoms with Crippen molar-refractivity contribution in [2.75, 3.05) is 0 Å². The fourth-order valence-corrected chi connectivity index (χ4v) is 7.48. The van der Waals surface area contributed by atoms with Gasteiger partial charge in [-0.2, -0.15) is 35.5 Å². The summed E-state index contributed by atoms with van der Waals surface area (Å²) in [6, 6.07) is 45.7. The second kappa shape index (κ2) is 15.5. The van der Waals surface area contributed by atoms with Gasteiger partial charge in [-0.15, -0.1) is 34.0 Å². The molecule has 0 nitrogen and oxygen atoms in total. The van der Waals surface area contributed by atoms with Crippen LogP contribution in [0.2, 0.25) is 0 Å². The molecule has 0 fully saturated rings. The molecule has 0 spiro atoms. The summed E-state index contributed by atoms with van der Waals surface area (Å²) in [5.74, 6) is 0.515. The summed E-state index contributed by atoms with van der Waals surface area (Å²) >= 11 is -0.826. The van der Waals surface area contributed by atoms with Crippen molar-refractivity contribution in [3.8, 4) is 33.4 Å². The Hall–Kier alpha value is -2.61. The van der Waals surface area contributed by atoms with Crippen LogP contribution in [-0.4, -0.2) is 9.52 Å². The molecule has 0 saturated heterocycles. The Labute approximate surface area is 309 Å². The maximum Gasteiger partial charge on any atom is 0.0920 e. The molecule has 1 aliphatic rings. The molecular formula is C44H44Cl2SiZr. The molecule has 1 aliphatic heterocycles. The van der Waals surface area contributed by atoms with Crippen LogP contribution >= 0.6 is 17.0 Å². The van der Waals surface area contributed by atoms with Crippen molar-refractivity contribution in [3.63, 3.8) is 0 Å². The van der Waals surface area contributed by atoms with Crippen molar-refractivity contribution < 1.29 is 20.8 Å². The third-order valence-electron chi connectivity index (χ3n) is 8.95. The number of fused-ring (bicyclic) bond motifs is 4. The minimum Gasteiger partial charge on any atom is -0.184 e. The second-order valence-corrected chi connectivity index (χ2v) is 19.8. The summed E-state index contributed by atoms with van der Waals surface area (Å²) in [7, 11) is 10.7. The van der Waals surface area contributed by atoms with E-state index in [2.05, 4.69) is 171 Å². The number of halogens is 2. The average molecular weight is 763 g/mol. The summed E-state index contributed by atoms with van der Waals surface area (Å²) < 4.78 is 0. The molecule has 0 saturated carbocycles. The van der Waals surface area contributed by atoms with Crippen LogP contribution in [0.3, 0.4) is 0 Å². The fraction of sp³-hybridized carbons (Fsp3) is 0.250. The molecule has 242 valence electrons. The predicted octanol–water partition coefficient (Wildman–Crippen LogP) is 12.1. The van der Waals surface area contributed by atoms with E-state index in [9.17, 15) is 0 Å². The Morgan fingerprint density at radius 1 is 0.667 bits per heavy atom. The Kier molecular flexibility index (Phi) is 11.9. The van der Waals surface area contributed by atoms with Gasteiger partial charge in [0, 0.05) is 0 Å². The topological polar surface area (TPSA) is 0 Å². The molecule has 48 heavy (non-hydrogen) atoms. The fourth-order valence-electron chi connectivity index (χ4n) is 6.17. The Morgan fingerprint density at radius 2 is 1.27 bits per heavy atom. The predicted molar refractivity (Wildman–Crippen MR) is 209 cm³/mol. The van der Waals surface area contributed by atoms with Gasteiger partial charge >= 0.3 is 37.9 Å². The molecule has 1 heterocycles. The molecule has 2 radical (unpaired) electrons. The first-order chi connectivity index (χ1) is 22.8. The van der Waals surface area contributed by atoms with E-state index < -0.39 is 20.8 Å². The van der Waals surface area contributed by atoms with Gasteiger partial charge in [-0.3, -0.25) is 0 Å². The zero-order valence-corrected chi connectivity index (χ0v) is 34.3. The molecule has 0 bridgehead atoms. The van der Waals surface area contributed by atoms with Crippen molar-refractivity contribution in [2.24, 2.45) is 0 Å². The van der Waals surface area contributed by atoms with Crippen LogP contribution in [0.4, 0.5) is 0 Å². The van der Waals surface area contributed by atoms with Gasteiger partial charge in [0.1, 0.15) is 0 Å². The molecule has 6 aromatic carbocycles. The largest absolute Gasteiger partial charge is 0.184 e. The maximum absolute atomic E-state index is 4.93. The molecular weight excluding hydrogens is 719 g/mol. The van der Waals surface area contributed by atoms with Crippen molar-refractivity contribution in [1.82, 2.24) is 0 Å². The van der Waals surface area contributed by atoms with Crippen molar-refractivity contribution in [3.05, 3.63) is 138 Å². The smallest absolute Gasteiger partial charge is 0.0920 e. The van der Waals surface area contributed by atoms with E-state index in [4.69, 9.17) is 17.0 Å². The van der Waals surface area contributed by atoms with Gasteiger partial charge in [-0.05, 0) is 44.6 Å². The standard InChI is InChI=1S/C32H37.C12H7Si.2ClH.Zr/c1-21(2)24-16-23-14-15-28(22-12-10-9-11-13-22)30(29(23)19-24)25-17-26(31(3,4)5)20-27(18-25)32(6,7)8;1-3-7-11-9(5-1)10-6-2-4-8-12(10)13-11;;;/h9-21H,1-8H3;1-7H;2*1H;/q2*-1;;;+4/p-2. The molecule has 0 aliphatic carbocycles. The summed E-state index contributed by atoms with van der Waals surface area (Å²) in [5, 5.41) is 5.52. The molecule has 6 aromatic rings. The third kappa shape index (κ3) is 8.39. The van der Waals surface area contributed by atoms with Crippen LogP contribution in [0.15, 0.2) is 115 Å². The number of hydrogen-bond donors (Lipinski definition) is 0.